The van der Waals surface area contributed by atoms with Crippen molar-refractivity contribution >= 4 is 41.0 Å². The molecule has 1 aliphatic carbocycles. The molecule has 1 heterocycles. The molecule has 7 heteroatoms. The van der Waals surface area contributed by atoms with Crippen LogP contribution in [-0.4, -0.2) is 23.2 Å². The number of rotatable bonds is 5. The summed E-state index contributed by atoms with van der Waals surface area (Å²) in [7, 11) is 0. The lowest BCUT2D eigenvalue weighted by Crippen LogP contribution is -2.50. The van der Waals surface area contributed by atoms with E-state index in [9.17, 15) is 14.7 Å². The van der Waals surface area contributed by atoms with Crippen molar-refractivity contribution in [2.75, 3.05) is 0 Å². The van der Waals surface area contributed by atoms with Crippen molar-refractivity contribution < 1.29 is 14.7 Å². The van der Waals surface area contributed by atoms with E-state index in [2.05, 4.69) is 10.5 Å². The molecule has 1 aromatic heterocycles. The number of carboxylic acids is 1. The molecule has 2 aromatic rings. The van der Waals surface area contributed by atoms with Crippen molar-refractivity contribution in [1.82, 2.24) is 5.43 Å². The fourth-order valence-corrected chi connectivity index (χ4v) is 4.07. The van der Waals surface area contributed by atoms with E-state index in [4.69, 9.17) is 11.6 Å². The maximum atomic E-state index is 13.0. The zero-order chi connectivity index (χ0) is 19.4. The Balaban J connectivity index is 1.94. The molecule has 3 rings (SSSR count). The van der Waals surface area contributed by atoms with Crippen LogP contribution in [0.1, 0.15) is 36.1 Å². The number of allylic oxidation sites excluding steroid dienone is 2. The van der Waals surface area contributed by atoms with E-state index < -0.39 is 23.2 Å². The molecule has 140 valence electrons. The van der Waals surface area contributed by atoms with Gasteiger partial charge in [-0.25, -0.2) is 5.43 Å². The quantitative estimate of drug-likeness (QED) is 0.335. The summed E-state index contributed by atoms with van der Waals surface area (Å²) in [6, 6.07) is 10.7. The zero-order valence-corrected chi connectivity index (χ0v) is 16.3. The Bertz CT molecular complexity index is 890. The lowest BCUT2D eigenvalue weighted by molar-refractivity contribution is -0.158. The molecular weight excluding hydrogens is 384 g/mol. The van der Waals surface area contributed by atoms with Crippen molar-refractivity contribution in [2.45, 2.75) is 25.7 Å². The van der Waals surface area contributed by atoms with Gasteiger partial charge in [-0.1, -0.05) is 41.4 Å². The van der Waals surface area contributed by atoms with Crippen molar-refractivity contribution in [2.24, 2.45) is 10.5 Å². The molecule has 0 spiro atoms. The highest BCUT2D eigenvalue weighted by atomic mass is 35.5. The Kier molecular flexibility index (Phi) is 5.77. The smallest absolute Gasteiger partial charge is 0.320 e. The van der Waals surface area contributed by atoms with Gasteiger partial charge in [0.2, 0.25) is 0 Å². The molecule has 0 bridgehead atoms. The molecule has 0 saturated carbocycles. The molecule has 1 amide bonds. The first kappa shape index (κ1) is 19.3. The summed E-state index contributed by atoms with van der Waals surface area (Å²) >= 11 is 7.44. The number of carbonyl (C=O) groups is 2. The van der Waals surface area contributed by atoms with Gasteiger partial charge in [0.05, 0.1) is 6.21 Å². The van der Waals surface area contributed by atoms with Gasteiger partial charge in [-0.3, -0.25) is 9.59 Å². The van der Waals surface area contributed by atoms with Crippen LogP contribution in [0, 0.1) is 5.41 Å². The molecule has 5 nitrogen and oxygen atoms in total. The Labute approximate surface area is 166 Å². The summed E-state index contributed by atoms with van der Waals surface area (Å²) in [5, 5.41) is 16.5. The average Bonchev–Trinajstić information content (AvgIpc) is 3.15. The van der Waals surface area contributed by atoms with Crippen molar-refractivity contribution in [3.63, 3.8) is 0 Å². The van der Waals surface area contributed by atoms with Gasteiger partial charge in [-0.2, -0.15) is 5.10 Å². The van der Waals surface area contributed by atoms with Crippen LogP contribution in [0.4, 0.5) is 0 Å². The monoisotopic (exact) mass is 402 g/mol. The molecule has 1 aliphatic rings. The molecular formula is C20H19ClN2O3S. The maximum absolute atomic E-state index is 13.0. The summed E-state index contributed by atoms with van der Waals surface area (Å²) in [4.78, 5) is 26.2. The first-order valence-corrected chi connectivity index (χ1v) is 9.71. The lowest BCUT2D eigenvalue weighted by Gasteiger charge is -2.38. The minimum absolute atomic E-state index is 0.113. The zero-order valence-electron chi connectivity index (χ0n) is 14.7. The predicted molar refractivity (Wildman–Crippen MR) is 107 cm³/mol. The highest BCUT2D eigenvalue weighted by molar-refractivity contribution is 7.11. The number of amides is 1. The van der Waals surface area contributed by atoms with Gasteiger partial charge in [-0.15, -0.1) is 11.3 Å². The van der Waals surface area contributed by atoms with Gasteiger partial charge >= 0.3 is 5.97 Å². The van der Waals surface area contributed by atoms with E-state index in [-0.39, 0.29) is 6.42 Å². The van der Waals surface area contributed by atoms with E-state index in [0.29, 0.717) is 11.4 Å². The standard InChI is InChI=1S/C20H19ClN2O3S/c1-13-8-9-20(19(25)26,17(11-13)14-4-6-15(21)7-5-14)18(24)23-22-12-16-3-2-10-27-16/h2-8,10,12,17H,9,11H2,1H3,(H,23,24)(H,25,26)/b22-12-/t17-,20-/m1/s1. The lowest BCUT2D eigenvalue weighted by atomic mass is 9.64. The molecule has 2 N–H and O–H groups in total. The molecule has 0 radical (unpaired) electrons. The topological polar surface area (TPSA) is 78.8 Å². The van der Waals surface area contributed by atoms with Crippen LogP contribution in [0.5, 0.6) is 0 Å². The molecule has 1 aromatic carbocycles. The first-order valence-electron chi connectivity index (χ1n) is 8.45. The van der Waals surface area contributed by atoms with Crippen LogP contribution < -0.4 is 5.43 Å². The SMILES string of the molecule is CC1=CC[C@](C(=O)O)(C(=O)N/N=C\c2cccs2)[C@@H](c2ccc(Cl)cc2)C1. The third-order valence-corrected chi connectivity index (χ3v) is 5.91. The number of hydrogen-bond donors (Lipinski definition) is 2. The largest absolute Gasteiger partial charge is 0.480 e. The molecule has 0 unspecified atom stereocenters. The summed E-state index contributed by atoms with van der Waals surface area (Å²) in [6.07, 6.45) is 3.93. The van der Waals surface area contributed by atoms with Crippen LogP contribution in [0.3, 0.4) is 0 Å². The van der Waals surface area contributed by atoms with Crippen molar-refractivity contribution in [3.8, 4) is 0 Å². The van der Waals surface area contributed by atoms with E-state index in [0.717, 1.165) is 16.0 Å². The number of aliphatic carboxylic acids is 1. The van der Waals surface area contributed by atoms with E-state index in [1.807, 2.05) is 30.5 Å². The fraction of sp³-hybridized carbons (Fsp3) is 0.250. The Morgan fingerprint density at radius 3 is 2.70 bits per heavy atom. The molecule has 2 atom stereocenters. The highest BCUT2D eigenvalue weighted by Crippen LogP contribution is 2.47. The summed E-state index contributed by atoms with van der Waals surface area (Å²) in [6.45, 7) is 1.95. The second-order valence-electron chi connectivity index (χ2n) is 6.55. The number of halogens is 1. The Hall–Kier alpha value is -2.44. The molecule has 0 fully saturated rings. The highest BCUT2D eigenvalue weighted by Gasteiger charge is 2.53. The third-order valence-electron chi connectivity index (χ3n) is 4.85. The minimum atomic E-state index is -1.62. The van der Waals surface area contributed by atoms with E-state index in [1.165, 1.54) is 17.6 Å². The number of carboxylic acid groups (broad SMARTS) is 1. The van der Waals surface area contributed by atoms with Crippen LogP contribution in [0.15, 0.2) is 58.5 Å². The molecule has 27 heavy (non-hydrogen) atoms. The van der Waals surface area contributed by atoms with Gasteiger partial charge in [0, 0.05) is 15.8 Å². The number of benzene rings is 1. The normalized spacial score (nSPS) is 22.4. The first-order chi connectivity index (χ1) is 12.9. The predicted octanol–water partition coefficient (Wildman–Crippen LogP) is 4.45. The number of thiophene rings is 1. The fourth-order valence-electron chi connectivity index (χ4n) is 3.36. The van der Waals surface area contributed by atoms with Crippen LogP contribution >= 0.6 is 22.9 Å². The summed E-state index contributed by atoms with van der Waals surface area (Å²) in [5.74, 6) is -2.28. The van der Waals surface area contributed by atoms with Gasteiger partial charge in [-0.05, 0) is 48.9 Å². The van der Waals surface area contributed by atoms with Gasteiger partial charge in [0.25, 0.3) is 5.91 Å². The van der Waals surface area contributed by atoms with E-state index >= 15 is 0 Å². The molecule has 0 saturated heterocycles. The number of nitrogens with one attached hydrogen (secondary N) is 1. The van der Waals surface area contributed by atoms with Crippen molar-refractivity contribution in [1.29, 1.82) is 0 Å². The van der Waals surface area contributed by atoms with Crippen LogP contribution in [0.25, 0.3) is 0 Å². The van der Waals surface area contributed by atoms with Gasteiger partial charge < -0.3 is 5.11 Å². The van der Waals surface area contributed by atoms with E-state index in [1.54, 1.807) is 24.3 Å². The Morgan fingerprint density at radius 2 is 2.07 bits per heavy atom. The average molecular weight is 403 g/mol. The van der Waals surface area contributed by atoms with Gasteiger partial charge in [0.15, 0.2) is 5.41 Å². The third kappa shape index (κ3) is 3.96. The Morgan fingerprint density at radius 1 is 1.33 bits per heavy atom. The number of carbonyl (C=O) groups excluding carboxylic acids is 1. The number of hydrazone groups is 1. The van der Waals surface area contributed by atoms with Crippen LogP contribution in [-0.2, 0) is 9.59 Å². The number of hydrogen-bond acceptors (Lipinski definition) is 4. The van der Waals surface area contributed by atoms with Crippen molar-refractivity contribution in [3.05, 3.63) is 68.9 Å². The maximum Gasteiger partial charge on any atom is 0.320 e. The minimum Gasteiger partial charge on any atom is -0.480 e. The molecule has 0 aliphatic heterocycles. The second kappa shape index (κ2) is 8.06. The van der Waals surface area contributed by atoms with Crippen LogP contribution in [0.2, 0.25) is 5.02 Å². The second-order valence-corrected chi connectivity index (χ2v) is 7.97. The number of nitrogens with zero attached hydrogens (tertiary/aromatic N) is 1. The van der Waals surface area contributed by atoms with Gasteiger partial charge in [0.1, 0.15) is 0 Å². The summed E-state index contributed by atoms with van der Waals surface area (Å²) < 4.78 is 0. The summed E-state index contributed by atoms with van der Waals surface area (Å²) in [5.41, 5.74) is 2.64.